The van der Waals surface area contributed by atoms with Crippen molar-refractivity contribution in [3.05, 3.63) is 72.9 Å². The highest BCUT2D eigenvalue weighted by Crippen LogP contribution is 1.89. The molecule has 0 bridgehead atoms. The van der Waals surface area contributed by atoms with E-state index in [2.05, 4.69) is 25.2 Å². The van der Waals surface area contributed by atoms with Gasteiger partial charge < -0.3 is 0 Å². The number of hydrogen-bond donors (Lipinski definition) is 0. The van der Waals surface area contributed by atoms with Crippen molar-refractivity contribution in [3.8, 4) is 0 Å². The van der Waals surface area contributed by atoms with Crippen LogP contribution in [-0.4, -0.2) is 0 Å². The van der Waals surface area contributed by atoms with Crippen molar-refractivity contribution in [2.24, 2.45) is 0 Å². The first kappa shape index (κ1) is 14.4. The van der Waals surface area contributed by atoms with E-state index in [1.165, 1.54) is 6.42 Å². The highest BCUT2D eigenvalue weighted by atomic mass is 13.8. The molecule has 0 aliphatic heterocycles. The van der Waals surface area contributed by atoms with Gasteiger partial charge in [0.15, 0.2) is 0 Å². The summed E-state index contributed by atoms with van der Waals surface area (Å²) in [5.74, 6) is 0. The second-order valence-electron chi connectivity index (χ2n) is 3.28. The first-order valence-electron chi connectivity index (χ1n) is 5.86. The Morgan fingerprint density at radius 1 is 0.625 bits per heavy atom. The molecule has 0 saturated heterocycles. The van der Waals surface area contributed by atoms with Crippen LogP contribution in [0.15, 0.2) is 72.9 Å². The van der Waals surface area contributed by atoms with Gasteiger partial charge in [0.05, 0.1) is 0 Å². The first-order chi connectivity index (χ1) is 7.91. The Kier molecular flexibility index (Phi) is 12.1. The fourth-order valence-electron chi connectivity index (χ4n) is 0.966. The Balaban J connectivity index is 3.68. The molecule has 0 heteroatoms. The molecule has 0 amide bonds. The molecule has 0 spiro atoms. The van der Waals surface area contributed by atoms with Crippen LogP contribution in [0.1, 0.15) is 26.7 Å². The van der Waals surface area contributed by atoms with Gasteiger partial charge in [0.25, 0.3) is 0 Å². The molecule has 86 valence electrons. The van der Waals surface area contributed by atoms with E-state index in [1.807, 2.05) is 61.6 Å². The highest BCUT2D eigenvalue weighted by molar-refractivity contribution is 5.19. The van der Waals surface area contributed by atoms with Gasteiger partial charge in [-0.25, -0.2) is 0 Å². The summed E-state index contributed by atoms with van der Waals surface area (Å²) in [6.07, 6.45) is 26.8. The zero-order chi connectivity index (χ0) is 11.9. The van der Waals surface area contributed by atoms with E-state index in [0.29, 0.717) is 0 Å². The van der Waals surface area contributed by atoms with E-state index in [-0.39, 0.29) is 0 Å². The molecule has 0 unspecified atom stereocenters. The van der Waals surface area contributed by atoms with E-state index in [9.17, 15) is 0 Å². The van der Waals surface area contributed by atoms with Gasteiger partial charge in [0, 0.05) is 0 Å². The minimum Gasteiger partial charge on any atom is -0.0877 e. The predicted octanol–water partition coefficient (Wildman–Crippen LogP) is 5.14. The Morgan fingerprint density at radius 3 is 1.50 bits per heavy atom. The van der Waals surface area contributed by atoms with Crippen LogP contribution in [0.2, 0.25) is 0 Å². The summed E-state index contributed by atoms with van der Waals surface area (Å²) >= 11 is 0. The van der Waals surface area contributed by atoms with Crippen LogP contribution in [0.3, 0.4) is 0 Å². The predicted molar refractivity (Wildman–Crippen MR) is 75.4 cm³/mol. The maximum absolute atomic E-state index is 2.18. The number of unbranched alkanes of at least 4 members (excludes halogenated alkanes) is 1. The van der Waals surface area contributed by atoms with Crippen LogP contribution < -0.4 is 0 Å². The molecule has 0 atom stereocenters. The molecular weight excluding hydrogens is 192 g/mol. The molecule has 0 nitrogen and oxygen atoms in total. The van der Waals surface area contributed by atoms with Gasteiger partial charge in [0.1, 0.15) is 0 Å². The van der Waals surface area contributed by atoms with E-state index >= 15 is 0 Å². The molecule has 0 aromatic heterocycles. The maximum Gasteiger partial charge on any atom is -0.0350 e. The number of rotatable bonds is 7. The largest absolute Gasteiger partial charge is 0.0877 e. The fourth-order valence-corrected chi connectivity index (χ4v) is 0.966. The minimum absolute atomic E-state index is 1.16. The molecule has 16 heavy (non-hydrogen) atoms. The molecule has 0 aliphatic carbocycles. The van der Waals surface area contributed by atoms with Crippen LogP contribution in [0.5, 0.6) is 0 Å². The standard InChI is InChI=1S/C16H22/c1-3-5-7-9-11-13-15-16-14-12-10-8-6-4-2/h3,5,7-16H,4,6H2,1-2H3. The lowest BCUT2D eigenvalue weighted by Crippen LogP contribution is -1.58. The van der Waals surface area contributed by atoms with Crippen molar-refractivity contribution in [2.75, 3.05) is 0 Å². The Bertz CT molecular complexity index is 296. The third-order valence-corrected chi connectivity index (χ3v) is 1.78. The zero-order valence-corrected chi connectivity index (χ0v) is 10.3. The monoisotopic (exact) mass is 214 g/mol. The summed E-state index contributed by atoms with van der Waals surface area (Å²) in [7, 11) is 0. The van der Waals surface area contributed by atoms with E-state index in [0.717, 1.165) is 6.42 Å². The molecule has 0 aliphatic rings. The quantitative estimate of drug-likeness (QED) is 0.514. The average molecular weight is 214 g/mol. The Labute approximate surface area is 100 Å². The normalized spacial score (nSPS) is 13.9. The lowest BCUT2D eigenvalue weighted by molar-refractivity contribution is 0.959. The van der Waals surface area contributed by atoms with E-state index in [4.69, 9.17) is 0 Å². The second kappa shape index (κ2) is 13.4. The van der Waals surface area contributed by atoms with Crippen molar-refractivity contribution in [1.29, 1.82) is 0 Å². The summed E-state index contributed by atoms with van der Waals surface area (Å²) < 4.78 is 0. The van der Waals surface area contributed by atoms with E-state index < -0.39 is 0 Å². The topological polar surface area (TPSA) is 0 Å². The number of hydrogen-bond acceptors (Lipinski definition) is 0. The van der Waals surface area contributed by atoms with Crippen molar-refractivity contribution >= 4 is 0 Å². The van der Waals surface area contributed by atoms with Crippen molar-refractivity contribution in [2.45, 2.75) is 26.7 Å². The Morgan fingerprint density at radius 2 is 1.06 bits per heavy atom. The highest BCUT2D eigenvalue weighted by Gasteiger charge is 1.68. The fraction of sp³-hybridized carbons (Fsp3) is 0.250. The van der Waals surface area contributed by atoms with E-state index in [1.54, 1.807) is 0 Å². The zero-order valence-electron chi connectivity index (χ0n) is 10.3. The van der Waals surface area contributed by atoms with Crippen molar-refractivity contribution in [3.63, 3.8) is 0 Å². The first-order valence-corrected chi connectivity index (χ1v) is 5.86. The lowest BCUT2D eigenvalue weighted by Gasteiger charge is -1.79. The van der Waals surface area contributed by atoms with Gasteiger partial charge in [-0.2, -0.15) is 0 Å². The SMILES string of the molecule is CC=CC=CC=CC=CC=CC=CCCC. The van der Waals surface area contributed by atoms with Crippen molar-refractivity contribution in [1.82, 2.24) is 0 Å². The molecule has 0 fully saturated rings. The minimum atomic E-state index is 1.16. The molecule has 0 N–H and O–H groups in total. The van der Waals surface area contributed by atoms with Crippen LogP contribution in [0.25, 0.3) is 0 Å². The molecule has 0 rings (SSSR count). The summed E-state index contributed by atoms with van der Waals surface area (Å²) in [5, 5.41) is 0. The second-order valence-corrected chi connectivity index (χ2v) is 3.28. The third-order valence-electron chi connectivity index (χ3n) is 1.78. The van der Waals surface area contributed by atoms with Crippen LogP contribution in [-0.2, 0) is 0 Å². The van der Waals surface area contributed by atoms with Crippen LogP contribution in [0.4, 0.5) is 0 Å². The average Bonchev–Trinajstić information content (AvgIpc) is 2.31. The maximum atomic E-state index is 2.18. The smallest absolute Gasteiger partial charge is 0.0350 e. The summed E-state index contributed by atoms with van der Waals surface area (Å²) in [6, 6.07) is 0. The molecule has 0 saturated carbocycles. The molecule has 0 radical (unpaired) electrons. The summed E-state index contributed by atoms with van der Waals surface area (Å²) in [4.78, 5) is 0. The Hall–Kier alpha value is -1.56. The van der Waals surface area contributed by atoms with Crippen LogP contribution >= 0.6 is 0 Å². The molecule has 0 aromatic rings. The molecular formula is C16H22. The van der Waals surface area contributed by atoms with Crippen molar-refractivity contribution < 1.29 is 0 Å². The van der Waals surface area contributed by atoms with Gasteiger partial charge in [-0.1, -0.05) is 86.3 Å². The van der Waals surface area contributed by atoms with Crippen LogP contribution in [0, 0.1) is 0 Å². The third kappa shape index (κ3) is 12.4. The van der Waals surface area contributed by atoms with Gasteiger partial charge in [0.2, 0.25) is 0 Å². The van der Waals surface area contributed by atoms with Gasteiger partial charge in [-0.05, 0) is 13.3 Å². The van der Waals surface area contributed by atoms with Gasteiger partial charge >= 0.3 is 0 Å². The molecule has 0 heterocycles. The number of allylic oxidation sites excluding steroid dienone is 12. The summed E-state index contributed by atoms with van der Waals surface area (Å²) in [6.45, 7) is 4.19. The van der Waals surface area contributed by atoms with Gasteiger partial charge in [-0.15, -0.1) is 0 Å². The summed E-state index contributed by atoms with van der Waals surface area (Å²) in [5.41, 5.74) is 0. The molecule has 0 aromatic carbocycles. The lowest BCUT2D eigenvalue weighted by atomic mass is 10.3. The van der Waals surface area contributed by atoms with Gasteiger partial charge in [-0.3, -0.25) is 0 Å².